The quantitative estimate of drug-likeness (QED) is 0.0566. The van der Waals surface area contributed by atoms with Crippen molar-refractivity contribution in [3.63, 3.8) is 0 Å². The summed E-state index contributed by atoms with van der Waals surface area (Å²) in [6.07, 6.45) is 1.65. The fraction of sp³-hybridized carbons (Fsp3) is 0.243. The zero-order chi connectivity index (χ0) is 67.6. The van der Waals surface area contributed by atoms with Gasteiger partial charge in [0.05, 0.1) is 11.8 Å². The molecule has 2 aliphatic heterocycles. The van der Waals surface area contributed by atoms with Crippen LogP contribution < -0.4 is 88.3 Å². The van der Waals surface area contributed by atoms with Crippen molar-refractivity contribution < 1.29 is 146 Å². The molecule has 2 aromatic heterocycles. The second kappa shape index (κ2) is 33.3. The summed E-state index contributed by atoms with van der Waals surface area (Å²) in [4.78, 5) is 86.8. The van der Waals surface area contributed by atoms with E-state index in [0.29, 0.717) is 69.8 Å². The minimum absolute atomic E-state index is 0. The molecular weight excluding hydrogens is 1280 g/mol. The number of carbonyl (C=O) groups is 6. The summed E-state index contributed by atoms with van der Waals surface area (Å²) < 4.78 is 34.0. The van der Waals surface area contributed by atoms with Gasteiger partial charge in [-0.05, 0) is 143 Å². The molecule has 492 valence electrons. The van der Waals surface area contributed by atoms with Crippen molar-refractivity contribution in [1.29, 1.82) is 0 Å². The van der Waals surface area contributed by atoms with Crippen LogP contribution in [0.1, 0.15) is 85.4 Å². The molecule has 4 N–H and O–H groups in total. The molecule has 2 amide bonds. The minimum atomic E-state index is -2.14. The number of hydrogen-bond acceptors (Lipinski definition) is 18. The number of rotatable bonds is 26. The van der Waals surface area contributed by atoms with E-state index in [0.717, 1.165) is 43.8 Å². The molecule has 12 rings (SSSR count). The molecule has 0 radical (unpaired) electrons. The van der Waals surface area contributed by atoms with Gasteiger partial charge in [-0.2, -0.15) is 0 Å². The van der Waals surface area contributed by atoms with Gasteiger partial charge in [-0.25, -0.2) is 9.97 Å². The number of fused-ring (bicyclic) bond motifs is 6. The normalized spacial score (nSPS) is 14.7. The molecule has 2 aliphatic rings. The smallest absolute Gasteiger partial charge is 0.550 e. The average Bonchev–Trinajstić information content (AvgIpc) is 1.63. The Morgan fingerprint density at radius 1 is 0.480 bits per heavy atom. The first-order valence-electron chi connectivity index (χ1n) is 31.0. The Kier molecular flexibility index (Phi) is 24.7. The number of aliphatic hydroxyl groups is 2. The molecule has 0 saturated carbocycles. The number of benzene rings is 8. The maximum absolute atomic E-state index is 14.1. The number of amides is 2. The van der Waals surface area contributed by atoms with Crippen molar-refractivity contribution in [3.05, 3.63) is 216 Å². The van der Waals surface area contributed by atoms with Crippen LogP contribution in [0.5, 0.6) is 23.0 Å². The summed E-state index contributed by atoms with van der Waals surface area (Å²) in [5.74, 6) is -10.0. The Hall–Kier alpha value is -9.36. The van der Waals surface area contributed by atoms with Crippen LogP contribution in [-0.4, -0.2) is 114 Å². The van der Waals surface area contributed by atoms with Crippen molar-refractivity contribution in [1.82, 2.24) is 19.8 Å². The summed E-state index contributed by atoms with van der Waals surface area (Å²) in [6, 6.07) is 51.3. The van der Waals surface area contributed by atoms with E-state index in [1.54, 1.807) is 24.3 Å². The molecule has 24 heteroatoms. The maximum atomic E-state index is 14.1. The summed E-state index contributed by atoms with van der Waals surface area (Å²) in [7, 11) is 0. The fourth-order valence-corrected chi connectivity index (χ4v) is 12.1. The van der Waals surface area contributed by atoms with Gasteiger partial charge in [0.2, 0.25) is 25.4 Å². The number of hydrogen-bond donors (Lipinski definition) is 4. The molecule has 98 heavy (non-hydrogen) atoms. The first kappa shape index (κ1) is 72.9. The molecule has 22 nitrogen and oxygen atoms in total. The largest absolute Gasteiger partial charge is 1.00 e. The van der Waals surface area contributed by atoms with Crippen LogP contribution in [0.15, 0.2) is 191 Å². The topological polar surface area (TPSA) is 325 Å². The molecule has 8 atom stereocenters. The van der Waals surface area contributed by atoms with Crippen LogP contribution in [-0.2, 0) is 41.9 Å². The monoisotopic (exact) mass is 1340 g/mol. The van der Waals surface area contributed by atoms with E-state index >= 15 is 0 Å². The number of aliphatic carboxylic acids is 4. The van der Waals surface area contributed by atoms with Crippen LogP contribution in [0, 0.1) is 11.8 Å². The minimum Gasteiger partial charge on any atom is -0.550 e. The van der Waals surface area contributed by atoms with Crippen LogP contribution in [0.25, 0.3) is 55.9 Å². The van der Waals surface area contributed by atoms with Crippen molar-refractivity contribution >= 4 is 91.6 Å². The average molecular weight is 1350 g/mol. The molecule has 8 aromatic carbocycles. The predicted molar refractivity (Wildman–Crippen MR) is 347 cm³/mol. The van der Waals surface area contributed by atoms with Crippen molar-refractivity contribution in [2.45, 2.75) is 88.7 Å². The van der Waals surface area contributed by atoms with Gasteiger partial charge in [0, 0.05) is 61.8 Å². The summed E-state index contributed by atoms with van der Waals surface area (Å²) in [5.41, 5.74) is 5.77. The van der Waals surface area contributed by atoms with Crippen LogP contribution >= 0.6 is 0 Å². The predicted octanol–water partition coefficient (Wildman–Crippen LogP) is 3.04. The van der Waals surface area contributed by atoms with Gasteiger partial charge in [-0.3, -0.25) is 19.2 Å². The van der Waals surface area contributed by atoms with Crippen LogP contribution in [0.3, 0.4) is 0 Å². The van der Waals surface area contributed by atoms with Gasteiger partial charge < -0.3 is 77.8 Å². The van der Waals surface area contributed by atoms with Gasteiger partial charge in [0.15, 0.2) is 34.2 Å². The molecule has 10 aromatic rings. The Bertz CT molecular complexity index is 4240. The first-order chi connectivity index (χ1) is 46.3. The molecule has 0 spiro atoms. The van der Waals surface area contributed by atoms with Crippen LogP contribution in [0.4, 0.5) is 0 Å². The van der Waals surface area contributed by atoms with E-state index in [1.807, 2.05) is 184 Å². The molecule has 0 saturated heterocycles. The number of carboxylic acids is 4. The van der Waals surface area contributed by atoms with E-state index in [9.17, 15) is 59.4 Å². The third-order valence-electron chi connectivity index (χ3n) is 17.3. The standard InChI is InChI=1S/2C37H34N2O9.2Na/c2*1-22(27(26-15-16-31-32(18-26)47-21-46-31)9-6-12-33-38-29-10-4-5-11-30(29)48-33)39(36(43)35(42)28(37(44)45)19-34(40)41)20-23-13-14-24-7-2-3-8-25(24)17-23;;/h2*2-8,10-18,22,27-28,35,42H,9,19-21H2,1H3,(H,40,41)(H,44,45);;/q;;2*+1/p-2/b2*12-6+;;/t2*22-,27+,28+,35+;;/m11../s1. The SMILES string of the molecule is C[C@H]([C@H](C/C=C/c1nc2ccccc2o1)c1ccc2c(c1)OCO2)N(Cc1ccc2ccccc2c1)C(=O)[C@@H](O)[C@H](CC(=O)[O-])C(=O)O.C[C@H]([C@H](C/C=C/c1nc2ccccc2o1)c1ccc2c(c1)OCO2)N(Cc1ccc2ccccc2c1)C(=O)[C@@H](O)[C@H](CC(=O)[O-])C(=O)O.[Na+].[Na+]. The number of carboxylic acid groups (broad SMARTS) is 4. The molecule has 0 fully saturated rings. The number of oxazole rings is 2. The third-order valence-corrected chi connectivity index (χ3v) is 17.3. The Labute approximate surface area is 606 Å². The first-order valence-corrected chi connectivity index (χ1v) is 31.0. The Morgan fingerprint density at radius 3 is 1.22 bits per heavy atom. The van der Waals surface area contributed by atoms with E-state index in [-0.39, 0.29) is 85.8 Å². The van der Waals surface area contributed by atoms with Gasteiger partial charge >= 0.3 is 71.1 Å². The van der Waals surface area contributed by atoms with E-state index in [4.69, 9.17) is 27.8 Å². The van der Waals surface area contributed by atoms with Crippen molar-refractivity contribution in [2.24, 2.45) is 11.8 Å². The zero-order valence-corrected chi connectivity index (χ0v) is 58.0. The van der Waals surface area contributed by atoms with Crippen LogP contribution in [0.2, 0.25) is 0 Å². The number of allylic oxidation sites excluding steroid dienone is 2. The van der Waals surface area contributed by atoms with Gasteiger partial charge in [0.1, 0.15) is 23.2 Å². The second-order valence-corrected chi connectivity index (χ2v) is 23.5. The van der Waals surface area contributed by atoms with E-state index in [2.05, 4.69) is 9.97 Å². The van der Waals surface area contributed by atoms with Gasteiger partial charge in [-0.15, -0.1) is 0 Å². The summed E-state index contributed by atoms with van der Waals surface area (Å²) >= 11 is 0. The zero-order valence-electron chi connectivity index (χ0n) is 54.0. The fourth-order valence-electron chi connectivity index (χ4n) is 12.1. The maximum Gasteiger partial charge on any atom is 1.00 e. The molecule has 0 aliphatic carbocycles. The Balaban J connectivity index is 0.000000225. The molecule has 4 heterocycles. The number of para-hydroxylation sites is 4. The number of aromatic nitrogens is 2. The number of carbonyl (C=O) groups excluding carboxylic acids is 4. The van der Waals surface area contributed by atoms with Crippen molar-refractivity contribution in [2.75, 3.05) is 13.6 Å². The third kappa shape index (κ3) is 17.5. The Morgan fingerprint density at radius 2 is 0.847 bits per heavy atom. The second-order valence-electron chi connectivity index (χ2n) is 23.5. The molecule has 0 bridgehead atoms. The van der Waals surface area contributed by atoms with Gasteiger partial charge in [0.25, 0.3) is 11.8 Å². The molecular formula is C74H66N4Na2O18. The van der Waals surface area contributed by atoms with Crippen molar-refractivity contribution in [3.8, 4) is 23.0 Å². The van der Waals surface area contributed by atoms with E-state index in [1.165, 1.54) is 9.80 Å². The number of aliphatic hydroxyl groups excluding tert-OH is 2. The molecule has 0 unspecified atom stereocenters. The van der Waals surface area contributed by atoms with E-state index < -0.39 is 96.5 Å². The summed E-state index contributed by atoms with van der Waals surface area (Å²) in [6.45, 7) is 3.78. The number of nitrogens with zero attached hydrogens (tertiary/aromatic N) is 4. The van der Waals surface area contributed by atoms with Gasteiger partial charge in [-0.1, -0.05) is 121 Å². The summed E-state index contributed by atoms with van der Waals surface area (Å²) in [5, 5.41) is 68.3. The number of ether oxygens (including phenoxy) is 4.